The largest absolute Gasteiger partial charge is 0.454 e. The number of nitrogens with one attached hydrogen (secondary N) is 1. The number of hydrogen-bond acceptors (Lipinski definition) is 7. The van der Waals surface area contributed by atoms with Crippen LogP contribution in [0.1, 0.15) is 29.2 Å². The SMILES string of the molecule is Cc1nn(CC(C)C)c2sc(C(=O)OCC(=O)Nc3ccc4c(c3)OCO4)cc12. The van der Waals surface area contributed by atoms with E-state index in [1.54, 1.807) is 24.3 Å². The van der Waals surface area contributed by atoms with Crippen LogP contribution in [-0.2, 0) is 16.1 Å². The van der Waals surface area contributed by atoms with Gasteiger partial charge in [-0.3, -0.25) is 9.48 Å². The van der Waals surface area contributed by atoms with Gasteiger partial charge in [0.05, 0.1) is 5.69 Å². The fraction of sp³-hybridized carbons (Fsp3) is 0.350. The number of hydrogen-bond donors (Lipinski definition) is 1. The summed E-state index contributed by atoms with van der Waals surface area (Å²) >= 11 is 1.33. The maximum absolute atomic E-state index is 12.4. The number of nitrogens with zero attached hydrogens (tertiary/aromatic N) is 2. The van der Waals surface area contributed by atoms with Crippen LogP contribution in [-0.4, -0.2) is 35.1 Å². The monoisotopic (exact) mass is 415 g/mol. The van der Waals surface area contributed by atoms with Crippen molar-refractivity contribution in [2.45, 2.75) is 27.3 Å². The van der Waals surface area contributed by atoms with Crippen molar-refractivity contribution in [3.8, 4) is 11.5 Å². The molecule has 152 valence electrons. The summed E-state index contributed by atoms with van der Waals surface area (Å²) in [4.78, 5) is 25.9. The van der Waals surface area contributed by atoms with Gasteiger partial charge < -0.3 is 19.5 Å². The topological polar surface area (TPSA) is 91.7 Å². The summed E-state index contributed by atoms with van der Waals surface area (Å²) in [5.74, 6) is 0.680. The van der Waals surface area contributed by atoms with Gasteiger partial charge in [0.2, 0.25) is 6.79 Å². The van der Waals surface area contributed by atoms with Crippen molar-refractivity contribution >= 4 is 39.1 Å². The van der Waals surface area contributed by atoms with Crippen molar-refractivity contribution in [1.82, 2.24) is 9.78 Å². The Morgan fingerprint density at radius 3 is 2.86 bits per heavy atom. The zero-order chi connectivity index (χ0) is 20.5. The molecule has 2 aromatic heterocycles. The highest BCUT2D eigenvalue weighted by Gasteiger charge is 2.19. The van der Waals surface area contributed by atoms with E-state index in [4.69, 9.17) is 14.2 Å². The van der Waals surface area contributed by atoms with Crippen molar-refractivity contribution in [3.63, 3.8) is 0 Å². The third-order valence-electron chi connectivity index (χ3n) is 4.34. The third-order valence-corrected chi connectivity index (χ3v) is 5.47. The van der Waals surface area contributed by atoms with Gasteiger partial charge in [0.1, 0.15) is 9.71 Å². The Hall–Kier alpha value is -3.07. The Bertz CT molecular complexity index is 1090. The van der Waals surface area contributed by atoms with Gasteiger partial charge in [0.25, 0.3) is 5.91 Å². The van der Waals surface area contributed by atoms with Crippen LogP contribution in [0.5, 0.6) is 11.5 Å². The number of thiophene rings is 1. The summed E-state index contributed by atoms with van der Waals surface area (Å²) < 4.78 is 17.6. The predicted octanol–water partition coefficient (Wildman–Crippen LogP) is 3.59. The molecular formula is C20H21N3O5S. The van der Waals surface area contributed by atoms with Gasteiger partial charge in [0, 0.05) is 23.7 Å². The number of aryl methyl sites for hydroxylation is 1. The van der Waals surface area contributed by atoms with E-state index < -0.39 is 11.9 Å². The predicted molar refractivity (Wildman–Crippen MR) is 109 cm³/mol. The van der Waals surface area contributed by atoms with Crippen LogP contribution in [0.15, 0.2) is 24.3 Å². The first-order chi connectivity index (χ1) is 13.9. The quantitative estimate of drug-likeness (QED) is 0.619. The molecule has 0 atom stereocenters. The normalized spacial score (nSPS) is 12.6. The zero-order valence-corrected chi connectivity index (χ0v) is 17.2. The molecule has 9 heteroatoms. The molecule has 1 aliphatic heterocycles. The Morgan fingerprint density at radius 2 is 2.07 bits per heavy atom. The fourth-order valence-corrected chi connectivity index (χ4v) is 4.12. The second-order valence-corrected chi connectivity index (χ2v) is 8.21. The lowest BCUT2D eigenvalue weighted by Gasteiger charge is -2.07. The van der Waals surface area contributed by atoms with Gasteiger partial charge in [-0.25, -0.2) is 4.79 Å². The number of anilines is 1. The van der Waals surface area contributed by atoms with Gasteiger partial charge in [-0.15, -0.1) is 11.3 Å². The molecule has 3 aromatic rings. The molecule has 4 rings (SSSR count). The first kappa shape index (κ1) is 19.3. The van der Waals surface area contributed by atoms with Gasteiger partial charge >= 0.3 is 5.97 Å². The number of carbonyl (C=O) groups excluding carboxylic acids is 2. The van der Waals surface area contributed by atoms with Crippen LogP contribution >= 0.6 is 11.3 Å². The van der Waals surface area contributed by atoms with Gasteiger partial charge in [0.15, 0.2) is 18.1 Å². The highest BCUT2D eigenvalue weighted by atomic mass is 32.1. The molecule has 0 unspecified atom stereocenters. The molecule has 0 saturated carbocycles. The van der Waals surface area contributed by atoms with E-state index in [-0.39, 0.29) is 13.4 Å². The summed E-state index contributed by atoms with van der Waals surface area (Å²) in [5, 5.41) is 8.14. The lowest BCUT2D eigenvalue weighted by Crippen LogP contribution is -2.20. The Kier molecular flexibility index (Phi) is 5.14. The number of amides is 1. The summed E-state index contributed by atoms with van der Waals surface area (Å²) in [5.41, 5.74) is 1.41. The second kappa shape index (κ2) is 7.75. The van der Waals surface area contributed by atoms with E-state index in [9.17, 15) is 9.59 Å². The summed E-state index contributed by atoms with van der Waals surface area (Å²) in [6.07, 6.45) is 0. The van der Waals surface area contributed by atoms with Crippen LogP contribution in [0.3, 0.4) is 0 Å². The molecule has 0 radical (unpaired) electrons. The van der Waals surface area contributed by atoms with Crippen molar-refractivity contribution in [2.75, 3.05) is 18.7 Å². The number of carbonyl (C=O) groups is 2. The number of benzene rings is 1. The molecule has 1 aromatic carbocycles. The summed E-state index contributed by atoms with van der Waals surface area (Å²) in [7, 11) is 0. The standard InChI is InChI=1S/C20H21N3O5S/c1-11(2)8-23-19-14(12(3)22-23)7-17(29-19)20(25)26-9-18(24)21-13-4-5-15-16(6-13)28-10-27-15/h4-7,11H,8-10H2,1-3H3,(H,21,24). The molecule has 3 heterocycles. The molecule has 0 spiro atoms. The van der Waals surface area contributed by atoms with E-state index in [0.717, 1.165) is 22.5 Å². The molecule has 29 heavy (non-hydrogen) atoms. The number of aromatic nitrogens is 2. The third kappa shape index (κ3) is 4.04. The van der Waals surface area contributed by atoms with Gasteiger partial charge in [-0.1, -0.05) is 13.8 Å². The van der Waals surface area contributed by atoms with E-state index >= 15 is 0 Å². The van der Waals surface area contributed by atoms with Crippen LogP contribution in [0, 0.1) is 12.8 Å². The Balaban J connectivity index is 1.38. The van der Waals surface area contributed by atoms with Crippen LogP contribution in [0.4, 0.5) is 5.69 Å². The zero-order valence-electron chi connectivity index (χ0n) is 16.4. The average Bonchev–Trinajstić information content (AvgIpc) is 3.37. The molecule has 0 bridgehead atoms. The minimum absolute atomic E-state index is 0.161. The average molecular weight is 415 g/mol. The molecular weight excluding hydrogens is 394 g/mol. The maximum atomic E-state index is 12.4. The Labute approximate surface area is 171 Å². The summed E-state index contributed by atoms with van der Waals surface area (Å²) in [6.45, 7) is 6.71. The van der Waals surface area contributed by atoms with E-state index in [0.29, 0.717) is 28.0 Å². The first-order valence-corrected chi connectivity index (χ1v) is 10.1. The minimum atomic E-state index is -0.525. The van der Waals surface area contributed by atoms with Crippen molar-refractivity contribution in [1.29, 1.82) is 0 Å². The first-order valence-electron chi connectivity index (χ1n) is 9.24. The molecule has 1 amide bonds. The highest BCUT2D eigenvalue weighted by Crippen LogP contribution is 2.34. The van der Waals surface area contributed by atoms with Crippen LogP contribution < -0.4 is 14.8 Å². The molecule has 0 aliphatic carbocycles. The van der Waals surface area contributed by atoms with E-state index in [1.807, 2.05) is 11.6 Å². The number of ether oxygens (including phenoxy) is 3. The number of esters is 1. The minimum Gasteiger partial charge on any atom is -0.454 e. The van der Waals surface area contributed by atoms with Gasteiger partial charge in [-0.2, -0.15) is 5.10 Å². The van der Waals surface area contributed by atoms with Crippen molar-refractivity contribution in [2.24, 2.45) is 5.92 Å². The second-order valence-electron chi connectivity index (χ2n) is 7.18. The smallest absolute Gasteiger partial charge is 0.348 e. The van der Waals surface area contributed by atoms with E-state index in [2.05, 4.69) is 24.3 Å². The lowest BCUT2D eigenvalue weighted by atomic mass is 10.2. The van der Waals surface area contributed by atoms with Crippen molar-refractivity contribution in [3.05, 3.63) is 34.8 Å². The molecule has 8 nitrogen and oxygen atoms in total. The number of rotatable bonds is 6. The molecule has 1 aliphatic rings. The van der Waals surface area contributed by atoms with Gasteiger partial charge in [-0.05, 0) is 31.0 Å². The molecule has 0 saturated heterocycles. The maximum Gasteiger partial charge on any atom is 0.348 e. The van der Waals surface area contributed by atoms with E-state index in [1.165, 1.54) is 11.3 Å². The van der Waals surface area contributed by atoms with Crippen LogP contribution in [0.25, 0.3) is 10.2 Å². The van der Waals surface area contributed by atoms with Crippen molar-refractivity contribution < 1.29 is 23.8 Å². The molecule has 1 N–H and O–H groups in total. The fourth-order valence-electron chi connectivity index (χ4n) is 3.06. The number of fused-ring (bicyclic) bond motifs is 2. The lowest BCUT2D eigenvalue weighted by molar-refractivity contribution is -0.119. The summed E-state index contributed by atoms with van der Waals surface area (Å²) in [6, 6.07) is 6.85. The Morgan fingerprint density at radius 1 is 1.28 bits per heavy atom. The highest BCUT2D eigenvalue weighted by molar-refractivity contribution is 7.20. The van der Waals surface area contributed by atoms with Crippen LogP contribution in [0.2, 0.25) is 0 Å². The molecule has 0 fully saturated rings.